The number of rotatable bonds is 4. The number of carbonyl (C=O) groups is 2. The molecule has 1 saturated heterocycles. The topological polar surface area (TPSA) is 81.5 Å². The molecule has 0 saturated carbocycles. The van der Waals surface area contributed by atoms with Crippen LogP contribution in [0.3, 0.4) is 0 Å². The highest BCUT2D eigenvalue weighted by Crippen LogP contribution is 2.21. The van der Waals surface area contributed by atoms with Crippen molar-refractivity contribution in [3.8, 4) is 0 Å². The third kappa shape index (κ3) is 4.08. The Labute approximate surface area is 164 Å². The standard InChI is InChI=1S/C21H27N3O4/c1-5-24-18-7-6-16(9-17(18)22-15(4)20(24)26)21(27)28-12-19(25)23-10-13(2)8-14(3)11-23/h6-7,9,13-14H,5,8,10-12H2,1-4H3/t13-,14-/m0/s1. The van der Waals surface area contributed by atoms with Crippen molar-refractivity contribution in [2.45, 2.75) is 40.7 Å². The van der Waals surface area contributed by atoms with Crippen LogP contribution in [0, 0.1) is 18.8 Å². The molecule has 1 aliphatic rings. The molecule has 7 nitrogen and oxygen atoms in total. The molecule has 1 aromatic heterocycles. The molecule has 1 aliphatic heterocycles. The molecule has 1 amide bonds. The molecule has 0 radical (unpaired) electrons. The van der Waals surface area contributed by atoms with Crippen LogP contribution in [0.5, 0.6) is 0 Å². The minimum absolute atomic E-state index is 0.138. The number of benzene rings is 1. The first-order valence-corrected chi connectivity index (χ1v) is 9.76. The Morgan fingerprint density at radius 1 is 1.21 bits per heavy atom. The maximum atomic E-state index is 12.4. The van der Waals surface area contributed by atoms with Gasteiger partial charge in [0.25, 0.3) is 11.5 Å². The average molecular weight is 385 g/mol. The number of aryl methyl sites for hydroxylation is 2. The van der Waals surface area contributed by atoms with Gasteiger partial charge < -0.3 is 14.2 Å². The molecule has 0 bridgehead atoms. The molecule has 2 aromatic rings. The van der Waals surface area contributed by atoms with Gasteiger partial charge in [0.1, 0.15) is 5.69 Å². The number of nitrogens with zero attached hydrogens (tertiary/aromatic N) is 3. The summed E-state index contributed by atoms with van der Waals surface area (Å²) in [5, 5.41) is 0. The van der Waals surface area contributed by atoms with Crippen molar-refractivity contribution in [1.29, 1.82) is 0 Å². The number of aromatic nitrogens is 2. The van der Waals surface area contributed by atoms with Crippen LogP contribution in [0.2, 0.25) is 0 Å². The van der Waals surface area contributed by atoms with E-state index in [-0.39, 0.29) is 18.1 Å². The number of hydrogen-bond acceptors (Lipinski definition) is 5. The lowest BCUT2D eigenvalue weighted by molar-refractivity contribution is -0.137. The molecule has 2 atom stereocenters. The van der Waals surface area contributed by atoms with Gasteiger partial charge in [-0.2, -0.15) is 0 Å². The van der Waals surface area contributed by atoms with Gasteiger partial charge in [0.15, 0.2) is 6.61 Å². The Bertz CT molecular complexity index is 956. The summed E-state index contributed by atoms with van der Waals surface area (Å²) in [4.78, 5) is 43.1. The Hall–Kier alpha value is -2.70. The average Bonchev–Trinajstić information content (AvgIpc) is 2.65. The van der Waals surface area contributed by atoms with Crippen molar-refractivity contribution < 1.29 is 14.3 Å². The van der Waals surface area contributed by atoms with Gasteiger partial charge in [-0.3, -0.25) is 9.59 Å². The zero-order valence-electron chi connectivity index (χ0n) is 16.9. The lowest BCUT2D eigenvalue weighted by atomic mass is 9.92. The number of likely N-dealkylation sites (tertiary alicyclic amines) is 1. The Morgan fingerprint density at radius 3 is 2.54 bits per heavy atom. The molecular formula is C21H27N3O4. The fraction of sp³-hybridized carbons (Fsp3) is 0.524. The van der Waals surface area contributed by atoms with E-state index >= 15 is 0 Å². The van der Waals surface area contributed by atoms with Gasteiger partial charge in [0, 0.05) is 19.6 Å². The number of carbonyl (C=O) groups excluding carboxylic acids is 2. The predicted molar refractivity (Wildman–Crippen MR) is 106 cm³/mol. The first-order valence-electron chi connectivity index (χ1n) is 9.76. The largest absolute Gasteiger partial charge is 0.452 e. The molecule has 3 rings (SSSR count). The van der Waals surface area contributed by atoms with Crippen molar-refractivity contribution in [3.63, 3.8) is 0 Å². The number of ether oxygens (including phenoxy) is 1. The van der Waals surface area contributed by atoms with Crippen LogP contribution in [0.1, 0.15) is 43.2 Å². The lowest BCUT2D eigenvalue weighted by Crippen LogP contribution is -2.44. The van der Waals surface area contributed by atoms with E-state index in [1.54, 1.807) is 34.6 Å². The molecular weight excluding hydrogens is 358 g/mol. The highest BCUT2D eigenvalue weighted by atomic mass is 16.5. The van der Waals surface area contributed by atoms with Crippen LogP contribution >= 0.6 is 0 Å². The highest BCUT2D eigenvalue weighted by molar-refractivity contribution is 5.94. The van der Waals surface area contributed by atoms with Crippen molar-refractivity contribution in [3.05, 3.63) is 39.8 Å². The van der Waals surface area contributed by atoms with Crippen LogP contribution < -0.4 is 5.56 Å². The minimum atomic E-state index is -0.568. The van der Waals surface area contributed by atoms with E-state index in [1.165, 1.54) is 0 Å². The summed E-state index contributed by atoms with van der Waals surface area (Å²) in [7, 11) is 0. The Morgan fingerprint density at radius 2 is 1.89 bits per heavy atom. The second kappa shape index (κ2) is 8.12. The van der Waals surface area contributed by atoms with Crippen LogP contribution in [-0.4, -0.2) is 46.0 Å². The van der Waals surface area contributed by atoms with E-state index in [2.05, 4.69) is 18.8 Å². The zero-order valence-corrected chi connectivity index (χ0v) is 16.9. The van der Waals surface area contributed by atoms with E-state index in [1.807, 2.05) is 6.92 Å². The molecule has 28 heavy (non-hydrogen) atoms. The third-order valence-electron chi connectivity index (χ3n) is 5.21. The molecule has 0 unspecified atom stereocenters. The number of piperidine rings is 1. The van der Waals surface area contributed by atoms with Gasteiger partial charge >= 0.3 is 5.97 Å². The van der Waals surface area contributed by atoms with Gasteiger partial charge in [-0.1, -0.05) is 13.8 Å². The summed E-state index contributed by atoms with van der Waals surface area (Å²) >= 11 is 0. The van der Waals surface area contributed by atoms with Crippen LogP contribution in [0.15, 0.2) is 23.0 Å². The summed E-state index contributed by atoms with van der Waals surface area (Å²) in [6.07, 6.45) is 1.11. The van der Waals surface area contributed by atoms with Crippen LogP contribution in [0.4, 0.5) is 0 Å². The predicted octanol–water partition coefficient (Wildman–Crippen LogP) is 2.39. The van der Waals surface area contributed by atoms with Gasteiger partial charge in [-0.05, 0) is 50.3 Å². The molecule has 150 valence electrons. The number of hydrogen-bond donors (Lipinski definition) is 0. The van der Waals surface area contributed by atoms with Gasteiger partial charge in [0.05, 0.1) is 16.6 Å². The van der Waals surface area contributed by atoms with E-state index < -0.39 is 5.97 Å². The molecule has 2 heterocycles. The first-order chi connectivity index (χ1) is 13.3. The normalized spacial score (nSPS) is 19.6. The quantitative estimate of drug-likeness (QED) is 0.755. The monoisotopic (exact) mass is 385 g/mol. The summed E-state index contributed by atoms with van der Waals surface area (Å²) in [6, 6.07) is 4.90. The smallest absolute Gasteiger partial charge is 0.338 e. The van der Waals surface area contributed by atoms with Crippen molar-refractivity contribution in [2.24, 2.45) is 11.8 Å². The highest BCUT2D eigenvalue weighted by Gasteiger charge is 2.26. The van der Waals surface area contributed by atoms with Crippen molar-refractivity contribution in [2.75, 3.05) is 19.7 Å². The Balaban J connectivity index is 1.72. The second-order valence-electron chi connectivity index (χ2n) is 7.77. The molecule has 1 aromatic carbocycles. The molecule has 0 N–H and O–H groups in total. The van der Waals surface area contributed by atoms with Gasteiger partial charge in [-0.15, -0.1) is 0 Å². The zero-order chi connectivity index (χ0) is 20.4. The first kappa shape index (κ1) is 20.0. The molecule has 1 fully saturated rings. The second-order valence-corrected chi connectivity index (χ2v) is 7.77. The molecule has 7 heteroatoms. The van der Waals surface area contributed by atoms with Crippen molar-refractivity contribution >= 4 is 22.9 Å². The Kier molecular flexibility index (Phi) is 5.82. The van der Waals surface area contributed by atoms with Crippen molar-refractivity contribution in [1.82, 2.24) is 14.5 Å². The molecule has 0 spiro atoms. The van der Waals surface area contributed by atoms with E-state index in [0.29, 0.717) is 53.8 Å². The maximum Gasteiger partial charge on any atom is 0.338 e. The van der Waals surface area contributed by atoms with Crippen LogP contribution in [-0.2, 0) is 16.1 Å². The fourth-order valence-electron chi connectivity index (χ4n) is 3.98. The number of fused-ring (bicyclic) bond motifs is 1. The van der Waals surface area contributed by atoms with E-state index in [9.17, 15) is 14.4 Å². The van der Waals surface area contributed by atoms with Gasteiger partial charge in [-0.25, -0.2) is 9.78 Å². The molecule has 0 aliphatic carbocycles. The fourth-order valence-corrected chi connectivity index (χ4v) is 3.98. The van der Waals surface area contributed by atoms with Crippen LogP contribution in [0.25, 0.3) is 11.0 Å². The summed E-state index contributed by atoms with van der Waals surface area (Å²) < 4.78 is 6.87. The summed E-state index contributed by atoms with van der Waals surface area (Å²) in [5.74, 6) is 0.173. The van der Waals surface area contributed by atoms with E-state index in [0.717, 1.165) is 6.42 Å². The number of esters is 1. The number of amides is 1. The van der Waals surface area contributed by atoms with E-state index in [4.69, 9.17) is 4.74 Å². The third-order valence-corrected chi connectivity index (χ3v) is 5.21. The maximum absolute atomic E-state index is 12.4. The summed E-state index contributed by atoms with van der Waals surface area (Å²) in [6.45, 7) is 9.45. The van der Waals surface area contributed by atoms with Gasteiger partial charge in [0.2, 0.25) is 0 Å². The minimum Gasteiger partial charge on any atom is -0.452 e. The SMILES string of the molecule is CCn1c(=O)c(C)nc2cc(C(=O)OCC(=O)N3C[C@@H](C)C[C@H](C)C3)ccc21. The lowest BCUT2D eigenvalue weighted by Gasteiger charge is -2.34. The summed E-state index contributed by atoms with van der Waals surface area (Å²) in [5.41, 5.74) is 1.78.